The molecule has 2 saturated heterocycles. The fourth-order valence-electron chi connectivity index (χ4n) is 1.67. The number of ether oxygens (including phenoxy) is 2. The molecule has 0 N–H and O–H groups in total. The highest BCUT2D eigenvalue weighted by atomic mass is 16.6. The summed E-state index contributed by atoms with van der Waals surface area (Å²) in [7, 11) is 0. The van der Waals surface area contributed by atoms with E-state index < -0.39 is 0 Å². The van der Waals surface area contributed by atoms with E-state index in [4.69, 9.17) is 9.47 Å². The van der Waals surface area contributed by atoms with Gasteiger partial charge in [-0.25, -0.2) is 0 Å². The Morgan fingerprint density at radius 3 is 2.55 bits per heavy atom. The Bertz CT molecular complexity index is 114. The monoisotopic (exact) mass is 158 g/mol. The summed E-state index contributed by atoms with van der Waals surface area (Å²) in [6.45, 7) is 7.99. The lowest BCUT2D eigenvalue weighted by atomic mass is 10.1. The Morgan fingerprint density at radius 2 is 1.91 bits per heavy atom. The maximum atomic E-state index is 5.46. The summed E-state index contributed by atoms with van der Waals surface area (Å²) >= 11 is 0. The molecule has 0 radical (unpaired) electrons. The Balaban J connectivity index is 0.000000281. The van der Waals surface area contributed by atoms with Crippen molar-refractivity contribution in [2.45, 2.75) is 39.4 Å². The molecule has 2 heteroatoms. The Labute approximate surface area is 68.9 Å². The minimum atomic E-state index is 0.421. The van der Waals surface area contributed by atoms with Crippen LogP contribution in [0.25, 0.3) is 0 Å². The van der Waals surface area contributed by atoms with E-state index in [0.717, 1.165) is 19.6 Å². The summed E-state index contributed by atoms with van der Waals surface area (Å²) in [5, 5.41) is 0. The molecule has 11 heavy (non-hydrogen) atoms. The zero-order valence-corrected chi connectivity index (χ0v) is 7.67. The molecule has 0 spiro atoms. The van der Waals surface area contributed by atoms with Crippen LogP contribution >= 0.6 is 0 Å². The van der Waals surface area contributed by atoms with Crippen molar-refractivity contribution in [2.75, 3.05) is 13.2 Å². The Morgan fingerprint density at radius 1 is 1.18 bits per heavy atom. The summed E-state index contributed by atoms with van der Waals surface area (Å²) in [6, 6.07) is 0. The molecule has 2 rings (SSSR count). The van der Waals surface area contributed by atoms with Crippen molar-refractivity contribution in [2.24, 2.45) is 5.92 Å². The van der Waals surface area contributed by atoms with E-state index in [1.807, 2.05) is 13.8 Å². The minimum absolute atomic E-state index is 0.421. The SMILES string of the molecule is CC.CC1COC2CCOC12. The van der Waals surface area contributed by atoms with Crippen molar-refractivity contribution >= 4 is 0 Å². The first kappa shape index (κ1) is 9.01. The van der Waals surface area contributed by atoms with Gasteiger partial charge in [0, 0.05) is 12.5 Å². The molecule has 2 aliphatic rings. The molecule has 2 fully saturated rings. The van der Waals surface area contributed by atoms with E-state index in [0.29, 0.717) is 18.1 Å². The molecular formula is C9H18O2. The first-order chi connectivity index (χ1) is 5.38. The van der Waals surface area contributed by atoms with Gasteiger partial charge in [0.1, 0.15) is 0 Å². The summed E-state index contributed by atoms with van der Waals surface area (Å²) in [5.74, 6) is 0.623. The maximum Gasteiger partial charge on any atom is 0.0884 e. The van der Waals surface area contributed by atoms with Crippen molar-refractivity contribution in [1.29, 1.82) is 0 Å². The van der Waals surface area contributed by atoms with Crippen LogP contribution in [-0.2, 0) is 9.47 Å². The number of hydrogen-bond acceptors (Lipinski definition) is 2. The molecule has 66 valence electrons. The second kappa shape index (κ2) is 4.07. The van der Waals surface area contributed by atoms with Crippen LogP contribution in [0.3, 0.4) is 0 Å². The Hall–Kier alpha value is -0.0800. The second-order valence-electron chi connectivity index (χ2n) is 2.97. The van der Waals surface area contributed by atoms with Gasteiger partial charge >= 0.3 is 0 Å². The van der Waals surface area contributed by atoms with Crippen molar-refractivity contribution in [3.05, 3.63) is 0 Å². The molecular weight excluding hydrogens is 140 g/mol. The summed E-state index contributed by atoms with van der Waals surface area (Å²) in [4.78, 5) is 0. The average Bonchev–Trinajstić information content (AvgIpc) is 2.60. The molecule has 2 heterocycles. The van der Waals surface area contributed by atoms with Crippen LogP contribution in [0, 0.1) is 5.92 Å². The zero-order chi connectivity index (χ0) is 8.27. The van der Waals surface area contributed by atoms with Crippen LogP contribution in [0.15, 0.2) is 0 Å². The van der Waals surface area contributed by atoms with Gasteiger partial charge in [0.15, 0.2) is 0 Å². The van der Waals surface area contributed by atoms with E-state index in [1.165, 1.54) is 0 Å². The molecule has 3 unspecified atom stereocenters. The van der Waals surface area contributed by atoms with Gasteiger partial charge in [-0.15, -0.1) is 0 Å². The highest BCUT2D eigenvalue weighted by molar-refractivity contribution is 4.86. The molecule has 0 aromatic carbocycles. The smallest absolute Gasteiger partial charge is 0.0884 e. The first-order valence-corrected chi connectivity index (χ1v) is 4.61. The van der Waals surface area contributed by atoms with Gasteiger partial charge < -0.3 is 9.47 Å². The van der Waals surface area contributed by atoms with Gasteiger partial charge in [0.05, 0.1) is 18.8 Å². The highest BCUT2D eigenvalue weighted by Crippen LogP contribution is 2.29. The fraction of sp³-hybridized carbons (Fsp3) is 1.00. The Kier molecular flexibility index (Phi) is 3.34. The van der Waals surface area contributed by atoms with Crippen molar-refractivity contribution in [3.63, 3.8) is 0 Å². The lowest BCUT2D eigenvalue weighted by Gasteiger charge is -2.08. The third kappa shape index (κ3) is 1.74. The van der Waals surface area contributed by atoms with Crippen LogP contribution in [0.2, 0.25) is 0 Å². The quantitative estimate of drug-likeness (QED) is 0.535. The highest BCUT2D eigenvalue weighted by Gasteiger charge is 2.38. The van der Waals surface area contributed by atoms with Crippen LogP contribution in [0.4, 0.5) is 0 Å². The lowest BCUT2D eigenvalue weighted by Crippen LogP contribution is -2.19. The largest absolute Gasteiger partial charge is 0.375 e. The van der Waals surface area contributed by atoms with E-state index >= 15 is 0 Å². The van der Waals surface area contributed by atoms with E-state index in [2.05, 4.69) is 6.92 Å². The number of hydrogen-bond donors (Lipinski definition) is 0. The standard InChI is InChI=1S/C7H12O2.C2H6/c1-5-4-9-6-2-3-8-7(5)6;1-2/h5-7H,2-4H2,1H3;1-2H3. The van der Waals surface area contributed by atoms with Gasteiger partial charge in [-0.2, -0.15) is 0 Å². The molecule has 2 nitrogen and oxygen atoms in total. The molecule has 0 aliphatic carbocycles. The minimum Gasteiger partial charge on any atom is -0.375 e. The summed E-state index contributed by atoms with van der Waals surface area (Å²) < 4.78 is 10.9. The topological polar surface area (TPSA) is 18.5 Å². The van der Waals surface area contributed by atoms with Crippen LogP contribution in [0.1, 0.15) is 27.2 Å². The molecule has 0 bridgehead atoms. The third-order valence-electron chi connectivity index (χ3n) is 2.21. The molecule has 2 aliphatic heterocycles. The van der Waals surface area contributed by atoms with Gasteiger partial charge in [-0.3, -0.25) is 0 Å². The molecule has 3 atom stereocenters. The average molecular weight is 158 g/mol. The third-order valence-corrected chi connectivity index (χ3v) is 2.21. The summed E-state index contributed by atoms with van der Waals surface area (Å²) in [6.07, 6.45) is 1.96. The fourth-order valence-corrected chi connectivity index (χ4v) is 1.67. The normalized spacial score (nSPS) is 41.2. The molecule has 0 aromatic heterocycles. The predicted octanol–water partition coefficient (Wildman–Crippen LogP) is 1.84. The summed E-state index contributed by atoms with van der Waals surface area (Å²) in [5.41, 5.74) is 0. The maximum absolute atomic E-state index is 5.46. The molecule has 0 aromatic rings. The van der Waals surface area contributed by atoms with E-state index in [1.54, 1.807) is 0 Å². The van der Waals surface area contributed by atoms with Crippen molar-refractivity contribution in [1.82, 2.24) is 0 Å². The molecule has 0 saturated carbocycles. The van der Waals surface area contributed by atoms with Crippen LogP contribution in [-0.4, -0.2) is 25.4 Å². The van der Waals surface area contributed by atoms with Gasteiger partial charge in [-0.1, -0.05) is 20.8 Å². The zero-order valence-electron chi connectivity index (χ0n) is 7.67. The van der Waals surface area contributed by atoms with E-state index in [-0.39, 0.29) is 0 Å². The van der Waals surface area contributed by atoms with E-state index in [9.17, 15) is 0 Å². The number of fused-ring (bicyclic) bond motifs is 1. The van der Waals surface area contributed by atoms with Crippen molar-refractivity contribution < 1.29 is 9.47 Å². The second-order valence-corrected chi connectivity index (χ2v) is 2.97. The number of rotatable bonds is 0. The van der Waals surface area contributed by atoms with Crippen LogP contribution in [0.5, 0.6) is 0 Å². The van der Waals surface area contributed by atoms with Crippen molar-refractivity contribution in [3.8, 4) is 0 Å². The lowest BCUT2D eigenvalue weighted by molar-refractivity contribution is 0.0658. The predicted molar refractivity (Wildman–Crippen MR) is 44.6 cm³/mol. The van der Waals surface area contributed by atoms with Crippen LogP contribution < -0.4 is 0 Å². The molecule has 0 amide bonds. The van der Waals surface area contributed by atoms with Gasteiger partial charge in [0.25, 0.3) is 0 Å². The van der Waals surface area contributed by atoms with Gasteiger partial charge in [0.2, 0.25) is 0 Å². The van der Waals surface area contributed by atoms with Gasteiger partial charge in [-0.05, 0) is 6.42 Å². The first-order valence-electron chi connectivity index (χ1n) is 4.61.